The van der Waals surface area contributed by atoms with Gasteiger partial charge < -0.3 is 4.52 Å². The van der Waals surface area contributed by atoms with Gasteiger partial charge in [0.2, 0.25) is 10.0 Å². The van der Waals surface area contributed by atoms with Crippen LogP contribution in [0.15, 0.2) is 51.9 Å². The molecule has 1 saturated heterocycles. The molecule has 1 aliphatic heterocycles. The van der Waals surface area contributed by atoms with Crippen molar-refractivity contribution in [3.63, 3.8) is 0 Å². The number of piperidine rings is 1. The van der Waals surface area contributed by atoms with Gasteiger partial charge >= 0.3 is 0 Å². The van der Waals surface area contributed by atoms with Gasteiger partial charge in [0.05, 0.1) is 4.90 Å². The van der Waals surface area contributed by atoms with E-state index in [1.165, 1.54) is 16.4 Å². The first kappa shape index (κ1) is 20.0. The minimum absolute atomic E-state index is 0.0150. The number of hydrogen-bond donors (Lipinski definition) is 0. The summed E-state index contributed by atoms with van der Waals surface area (Å²) < 4.78 is 46.1. The van der Waals surface area contributed by atoms with E-state index in [0.717, 1.165) is 0 Å². The van der Waals surface area contributed by atoms with E-state index in [1.807, 2.05) is 0 Å². The Morgan fingerprint density at radius 2 is 1.93 bits per heavy atom. The van der Waals surface area contributed by atoms with Crippen molar-refractivity contribution in [1.29, 1.82) is 0 Å². The van der Waals surface area contributed by atoms with Gasteiger partial charge in [0.1, 0.15) is 5.82 Å². The standard InChI is InChI=1S/C20H19ClFN3O3S/c1-13-11-16(21)5-6-18(13)29(26,27)25-9-7-14(8-10-25)19-23-20(28-24-19)15-3-2-4-17(22)12-15/h2-6,11-12,14H,7-10H2,1H3. The third-order valence-electron chi connectivity index (χ3n) is 5.09. The normalized spacial score (nSPS) is 16.2. The van der Waals surface area contributed by atoms with Crippen molar-refractivity contribution in [2.24, 2.45) is 0 Å². The molecule has 0 saturated carbocycles. The van der Waals surface area contributed by atoms with Gasteiger partial charge in [-0.15, -0.1) is 0 Å². The molecule has 1 aliphatic rings. The van der Waals surface area contributed by atoms with Crippen LogP contribution in [0.25, 0.3) is 11.5 Å². The van der Waals surface area contributed by atoms with E-state index in [9.17, 15) is 12.8 Å². The minimum Gasteiger partial charge on any atom is -0.334 e. The van der Waals surface area contributed by atoms with Crippen LogP contribution in [0.3, 0.4) is 0 Å². The quantitative estimate of drug-likeness (QED) is 0.606. The Bertz CT molecular complexity index is 1140. The molecular formula is C20H19ClFN3O3S. The molecule has 6 nitrogen and oxygen atoms in total. The summed E-state index contributed by atoms with van der Waals surface area (Å²) in [7, 11) is -3.59. The van der Waals surface area contributed by atoms with Crippen LogP contribution in [0.2, 0.25) is 5.02 Å². The Labute approximate surface area is 173 Å². The number of rotatable bonds is 4. The number of nitrogens with zero attached hydrogens (tertiary/aromatic N) is 3. The Kier molecular flexibility index (Phi) is 5.42. The van der Waals surface area contributed by atoms with E-state index in [4.69, 9.17) is 16.1 Å². The largest absolute Gasteiger partial charge is 0.334 e. The Morgan fingerprint density at radius 1 is 1.17 bits per heavy atom. The minimum atomic E-state index is -3.59. The van der Waals surface area contributed by atoms with Crippen LogP contribution in [0.5, 0.6) is 0 Å². The van der Waals surface area contributed by atoms with Crippen LogP contribution in [0.4, 0.5) is 4.39 Å². The van der Waals surface area contributed by atoms with Gasteiger partial charge in [0, 0.05) is 29.6 Å². The molecule has 1 aromatic heterocycles. The second-order valence-electron chi connectivity index (χ2n) is 7.06. The monoisotopic (exact) mass is 435 g/mol. The SMILES string of the molecule is Cc1cc(Cl)ccc1S(=O)(=O)N1CCC(c2noc(-c3cccc(F)c3)n2)CC1. The van der Waals surface area contributed by atoms with Crippen molar-refractivity contribution >= 4 is 21.6 Å². The molecule has 2 heterocycles. The highest BCUT2D eigenvalue weighted by Gasteiger charge is 2.32. The van der Waals surface area contributed by atoms with Crippen LogP contribution < -0.4 is 0 Å². The van der Waals surface area contributed by atoms with Crippen LogP contribution >= 0.6 is 11.6 Å². The summed E-state index contributed by atoms with van der Waals surface area (Å²) in [4.78, 5) is 4.66. The summed E-state index contributed by atoms with van der Waals surface area (Å²) in [5.41, 5.74) is 1.14. The van der Waals surface area contributed by atoms with Crippen LogP contribution in [0.1, 0.15) is 30.1 Å². The fourth-order valence-electron chi connectivity index (χ4n) is 3.54. The Morgan fingerprint density at radius 3 is 2.62 bits per heavy atom. The maximum Gasteiger partial charge on any atom is 0.258 e. The third kappa shape index (κ3) is 4.05. The van der Waals surface area contributed by atoms with Crippen molar-refractivity contribution in [3.05, 3.63) is 64.7 Å². The Hall–Kier alpha value is -2.29. The highest BCUT2D eigenvalue weighted by molar-refractivity contribution is 7.89. The van der Waals surface area contributed by atoms with Crippen molar-refractivity contribution < 1.29 is 17.3 Å². The maximum atomic E-state index is 13.4. The van der Waals surface area contributed by atoms with Crippen molar-refractivity contribution in [2.45, 2.75) is 30.6 Å². The fraction of sp³-hybridized carbons (Fsp3) is 0.300. The zero-order valence-corrected chi connectivity index (χ0v) is 17.3. The number of benzene rings is 2. The Balaban J connectivity index is 1.47. The summed E-state index contributed by atoms with van der Waals surface area (Å²) in [6.45, 7) is 2.45. The van der Waals surface area contributed by atoms with Crippen LogP contribution in [-0.4, -0.2) is 36.0 Å². The molecule has 0 aliphatic carbocycles. The number of aryl methyl sites for hydroxylation is 1. The van der Waals surface area contributed by atoms with Gasteiger partial charge in [-0.05, 0) is 61.7 Å². The summed E-state index contributed by atoms with van der Waals surface area (Å²) in [6, 6.07) is 10.7. The van der Waals surface area contributed by atoms with Crippen molar-refractivity contribution in [3.8, 4) is 11.5 Å². The molecule has 1 fully saturated rings. The summed E-state index contributed by atoms with van der Waals surface area (Å²) in [5.74, 6) is 0.382. The molecule has 4 rings (SSSR count). The van der Waals surface area contributed by atoms with Gasteiger partial charge in [-0.25, -0.2) is 12.8 Å². The predicted octanol–water partition coefficient (Wildman–Crippen LogP) is 4.41. The van der Waals surface area contributed by atoms with E-state index in [-0.39, 0.29) is 22.5 Å². The van der Waals surface area contributed by atoms with Gasteiger partial charge in [0.25, 0.3) is 5.89 Å². The first-order valence-corrected chi connectivity index (χ1v) is 11.0. The molecule has 0 amide bonds. The maximum absolute atomic E-state index is 13.4. The molecule has 0 bridgehead atoms. The number of aromatic nitrogens is 2. The van der Waals surface area contributed by atoms with Crippen LogP contribution in [-0.2, 0) is 10.0 Å². The topological polar surface area (TPSA) is 76.3 Å². The van der Waals surface area contributed by atoms with E-state index in [1.54, 1.807) is 37.3 Å². The first-order valence-electron chi connectivity index (χ1n) is 9.20. The molecule has 0 radical (unpaired) electrons. The zero-order valence-electron chi connectivity index (χ0n) is 15.7. The second-order valence-corrected chi connectivity index (χ2v) is 9.40. The van der Waals surface area contributed by atoms with Gasteiger partial charge in [-0.3, -0.25) is 0 Å². The van der Waals surface area contributed by atoms with Crippen molar-refractivity contribution in [1.82, 2.24) is 14.4 Å². The molecule has 0 unspecified atom stereocenters. The first-order chi connectivity index (χ1) is 13.8. The number of sulfonamides is 1. The molecule has 2 aromatic carbocycles. The summed E-state index contributed by atoms with van der Waals surface area (Å²) >= 11 is 5.94. The molecule has 29 heavy (non-hydrogen) atoms. The van der Waals surface area contributed by atoms with Crippen LogP contribution in [0, 0.1) is 12.7 Å². The van der Waals surface area contributed by atoms with Gasteiger partial charge in [0.15, 0.2) is 5.82 Å². The van der Waals surface area contributed by atoms with E-state index in [2.05, 4.69) is 10.1 Å². The lowest BCUT2D eigenvalue weighted by Gasteiger charge is -2.30. The molecule has 0 spiro atoms. The molecular weight excluding hydrogens is 417 g/mol. The molecule has 0 atom stereocenters. The second kappa shape index (κ2) is 7.85. The van der Waals surface area contributed by atoms with Gasteiger partial charge in [-0.2, -0.15) is 9.29 Å². The third-order valence-corrected chi connectivity index (χ3v) is 7.38. The molecule has 3 aromatic rings. The lowest BCUT2D eigenvalue weighted by molar-refractivity contribution is 0.307. The number of hydrogen-bond acceptors (Lipinski definition) is 5. The highest BCUT2D eigenvalue weighted by Crippen LogP contribution is 2.31. The number of halogens is 2. The zero-order chi connectivity index (χ0) is 20.6. The summed E-state index contributed by atoms with van der Waals surface area (Å²) in [5, 5.41) is 4.53. The van der Waals surface area contributed by atoms with E-state index < -0.39 is 10.0 Å². The average molecular weight is 436 g/mol. The predicted molar refractivity (Wildman–Crippen MR) is 107 cm³/mol. The lowest BCUT2D eigenvalue weighted by Crippen LogP contribution is -2.38. The fourth-order valence-corrected chi connectivity index (χ4v) is 5.44. The lowest BCUT2D eigenvalue weighted by atomic mass is 9.97. The molecule has 0 N–H and O–H groups in total. The summed E-state index contributed by atoms with van der Waals surface area (Å²) in [6.07, 6.45) is 1.15. The van der Waals surface area contributed by atoms with E-state index >= 15 is 0 Å². The highest BCUT2D eigenvalue weighted by atomic mass is 35.5. The smallest absolute Gasteiger partial charge is 0.258 e. The molecule has 152 valence electrons. The van der Waals surface area contributed by atoms with E-state index in [0.29, 0.717) is 47.9 Å². The average Bonchev–Trinajstić information content (AvgIpc) is 3.18. The molecule has 9 heteroatoms. The van der Waals surface area contributed by atoms with Gasteiger partial charge in [-0.1, -0.05) is 22.8 Å². The van der Waals surface area contributed by atoms with Crippen molar-refractivity contribution in [2.75, 3.05) is 13.1 Å².